The third-order valence-electron chi connectivity index (χ3n) is 1.31. The van der Waals surface area contributed by atoms with E-state index in [0.29, 0.717) is 6.42 Å². The molecule has 0 bridgehead atoms. The number of nitrogens with one attached hydrogen (secondary N) is 1. The summed E-state index contributed by atoms with van der Waals surface area (Å²) in [6.45, 7) is 0.0751. The Bertz CT molecular complexity index is 103. The van der Waals surface area contributed by atoms with Crippen LogP contribution in [0.15, 0.2) is 0 Å². The Hall–Kier alpha value is -0.570. The van der Waals surface area contributed by atoms with E-state index in [-0.39, 0.29) is 26.0 Å². The maximum atomic E-state index is 10.4. The molecule has 1 amide bonds. The summed E-state index contributed by atoms with van der Waals surface area (Å²) in [7, 11) is 0. The Balaban J connectivity index is 0.000000640. The van der Waals surface area contributed by atoms with Gasteiger partial charge in [-0.1, -0.05) is 7.43 Å². The molecular weight excluding hydrogens is 118 g/mol. The van der Waals surface area contributed by atoms with Crippen molar-refractivity contribution in [3.8, 4) is 0 Å². The molecule has 1 saturated heterocycles. The summed E-state index contributed by atoms with van der Waals surface area (Å²) in [5, 5.41) is 11.1. The van der Waals surface area contributed by atoms with Gasteiger partial charge in [0, 0.05) is 6.42 Å². The molecule has 1 heterocycles. The second-order valence-corrected chi connectivity index (χ2v) is 1.99. The predicted molar refractivity (Wildman–Crippen MR) is 35.0 cm³/mol. The van der Waals surface area contributed by atoms with Gasteiger partial charge in [0.2, 0.25) is 5.91 Å². The molecular formula is C6H13NO2. The largest absolute Gasteiger partial charge is 0.394 e. The molecule has 1 fully saturated rings. The van der Waals surface area contributed by atoms with Gasteiger partial charge in [-0.3, -0.25) is 4.79 Å². The van der Waals surface area contributed by atoms with Crippen LogP contribution in [0.1, 0.15) is 20.3 Å². The highest BCUT2D eigenvalue weighted by molar-refractivity contribution is 5.78. The fraction of sp³-hybridized carbons (Fsp3) is 0.833. The number of aliphatic hydroxyl groups is 1. The zero-order valence-electron chi connectivity index (χ0n) is 4.55. The summed E-state index contributed by atoms with van der Waals surface area (Å²) in [5.41, 5.74) is 0. The first kappa shape index (κ1) is 8.43. The molecule has 0 radical (unpaired) electrons. The van der Waals surface area contributed by atoms with Gasteiger partial charge in [-0.25, -0.2) is 0 Å². The van der Waals surface area contributed by atoms with Gasteiger partial charge in [-0.2, -0.15) is 0 Å². The highest BCUT2D eigenvalue weighted by atomic mass is 16.3. The SMILES string of the molecule is C.O=C1CCC(CO)N1. The van der Waals surface area contributed by atoms with E-state index in [2.05, 4.69) is 5.32 Å². The number of amides is 1. The van der Waals surface area contributed by atoms with Gasteiger partial charge in [-0.05, 0) is 6.42 Å². The fourth-order valence-electron chi connectivity index (χ4n) is 0.814. The molecule has 3 nitrogen and oxygen atoms in total. The third kappa shape index (κ3) is 2.01. The van der Waals surface area contributed by atoms with Crippen molar-refractivity contribution in [2.45, 2.75) is 26.3 Å². The van der Waals surface area contributed by atoms with Gasteiger partial charge >= 0.3 is 0 Å². The molecule has 1 aliphatic heterocycles. The number of hydrogen-bond donors (Lipinski definition) is 2. The molecule has 1 rings (SSSR count). The van der Waals surface area contributed by atoms with E-state index in [1.54, 1.807) is 0 Å². The molecule has 0 saturated carbocycles. The zero-order valence-corrected chi connectivity index (χ0v) is 4.55. The number of carbonyl (C=O) groups excluding carboxylic acids is 1. The van der Waals surface area contributed by atoms with Crippen molar-refractivity contribution < 1.29 is 9.90 Å². The average molecular weight is 131 g/mol. The summed E-state index contributed by atoms with van der Waals surface area (Å²) in [5.74, 6) is 0.0593. The van der Waals surface area contributed by atoms with Crippen molar-refractivity contribution >= 4 is 5.91 Å². The van der Waals surface area contributed by atoms with Gasteiger partial charge < -0.3 is 10.4 Å². The highest BCUT2D eigenvalue weighted by Gasteiger charge is 2.18. The smallest absolute Gasteiger partial charge is 0.220 e. The van der Waals surface area contributed by atoms with Crippen molar-refractivity contribution in [1.29, 1.82) is 0 Å². The first-order valence-corrected chi connectivity index (χ1v) is 2.73. The van der Waals surface area contributed by atoms with Crippen molar-refractivity contribution in [3.05, 3.63) is 0 Å². The first-order valence-electron chi connectivity index (χ1n) is 2.73. The normalized spacial score (nSPS) is 25.0. The van der Waals surface area contributed by atoms with E-state index < -0.39 is 0 Å². The quantitative estimate of drug-likeness (QED) is 0.522. The van der Waals surface area contributed by atoms with Crippen LogP contribution in [0, 0.1) is 0 Å². The van der Waals surface area contributed by atoms with Crippen LogP contribution < -0.4 is 5.32 Å². The minimum atomic E-state index is 0. The monoisotopic (exact) mass is 131 g/mol. The van der Waals surface area contributed by atoms with Crippen LogP contribution in [0.4, 0.5) is 0 Å². The molecule has 0 aromatic rings. The molecule has 3 heteroatoms. The van der Waals surface area contributed by atoms with Crippen LogP contribution in [0.25, 0.3) is 0 Å². The van der Waals surface area contributed by atoms with Crippen LogP contribution in [0.3, 0.4) is 0 Å². The van der Waals surface area contributed by atoms with E-state index in [0.717, 1.165) is 6.42 Å². The lowest BCUT2D eigenvalue weighted by Crippen LogP contribution is -2.28. The minimum absolute atomic E-state index is 0. The van der Waals surface area contributed by atoms with Crippen molar-refractivity contribution in [1.82, 2.24) is 5.32 Å². The van der Waals surface area contributed by atoms with Gasteiger partial charge in [-0.15, -0.1) is 0 Å². The van der Waals surface area contributed by atoms with Crippen LogP contribution in [0.5, 0.6) is 0 Å². The molecule has 2 N–H and O–H groups in total. The third-order valence-corrected chi connectivity index (χ3v) is 1.31. The molecule has 0 aliphatic carbocycles. The zero-order chi connectivity index (χ0) is 5.98. The Morgan fingerprint density at radius 2 is 2.44 bits per heavy atom. The predicted octanol–water partition coefficient (Wildman–Crippen LogP) is -0.107. The van der Waals surface area contributed by atoms with Crippen molar-refractivity contribution in [3.63, 3.8) is 0 Å². The van der Waals surface area contributed by atoms with Gasteiger partial charge in [0.05, 0.1) is 12.6 Å². The Kier molecular flexibility index (Phi) is 3.24. The van der Waals surface area contributed by atoms with Crippen molar-refractivity contribution in [2.24, 2.45) is 0 Å². The Morgan fingerprint density at radius 3 is 2.67 bits per heavy atom. The molecule has 0 aromatic carbocycles. The maximum Gasteiger partial charge on any atom is 0.220 e. The van der Waals surface area contributed by atoms with E-state index in [1.807, 2.05) is 0 Å². The van der Waals surface area contributed by atoms with E-state index in [4.69, 9.17) is 5.11 Å². The standard InChI is InChI=1S/C5H9NO2.CH4/c7-3-4-1-2-5(8)6-4;/h4,7H,1-3H2,(H,6,8);1H4. The number of rotatable bonds is 1. The minimum Gasteiger partial charge on any atom is -0.394 e. The van der Waals surface area contributed by atoms with E-state index in [9.17, 15) is 4.79 Å². The lowest BCUT2D eigenvalue weighted by atomic mass is 10.2. The molecule has 0 spiro atoms. The Labute approximate surface area is 55.1 Å². The van der Waals surface area contributed by atoms with Crippen LogP contribution in [0.2, 0.25) is 0 Å². The average Bonchev–Trinajstić information content (AvgIpc) is 2.14. The van der Waals surface area contributed by atoms with Crippen LogP contribution >= 0.6 is 0 Å². The molecule has 9 heavy (non-hydrogen) atoms. The van der Waals surface area contributed by atoms with Crippen molar-refractivity contribution in [2.75, 3.05) is 6.61 Å². The van der Waals surface area contributed by atoms with Gasteiger partial charge in [0.25, 0.3) is 0 Å². The van der Waals surface area contributed by atoms with Crippen LogP contribution in [-0.2, 0) is 4.79 Å². The summed E-state index contributed by atoms with van der Waals surface area (Å²) in [6.07, 6.45) is 1.36. The second-order valence-electron chi connectivity index (χ2n) is 1.99. The number of carbonyl (C=O) groups is 1. The number of aliphatic hydroxyl groups excluding tert-OH is 1. The molecule has 54 valence electrons. The molecule has 1 aliphatic rings. The molecule has 1 atom stereocenters. The summed E-state index contributed by atoms with van der Waals surface area (Å²) in [4.78, 5) is 10.4. The van der Waals surface area contributed by atoms with E-state index >= 15 is 0 Å². The molecule has 1 unspecified atom stereocenters. The highest BCUT2D eigenvalue weighted by Crippen LogP contribution is 2.04. The summed E-state index contributed by atoms with van der Waals surface area (Å²) in [6, 6.07) is 0.0301. The van der Waals surface area contributed by atoms with E-state index in [1.165, 1.54) is 0 Å². The first-order chi connectivity index (χ1) is 3.83. The van der Waals surface area contributed by atoms with Gasteiger partial charge in [0.1, 0.15) is 0 Å². The summed E-state index contributed by atoms with van der Waals surface area (Å²) >= 11 is 0. The lowest BCUT2D eigenvalue weighted by molar-refractivity contribution is -0.119. The van der Waals surface area contributed by atoms with Gasteiger partial charge in [0.15, 0.2) is 0 Å². The Morgan fingerprint density at radius 1 is 1.78 bits per heavy atom. The number of hydrogen-bond acceptors (Lipinski definition) is 2. The lowest BCUT2D eigenvalue weighted by Gasteiger charge is -2.01. The maximum absolute atomic E-state index is 10.4. The van der Waals surface area contributed by atoms with Crippen LogP contribution in [-0.4, -0.2) is 23.7 Å². The topological polar surface area (TPSA) is 49.3 Å². The molecule has 0 aromatic heterocycles. The fourth-order valence-corrected chi connectivity index (χ4v) is 0.814. The summed E-state index contributed by atoms with van der Waals surface area (Å²) < 4.78 is 0. The second kappa shape index (κ2) is 3.45.